The molecule has 7 nitrogen and oxygen atoms in total. The van der Waals surface area contributed by atoms with Crippen molar-refractivity contribution in [3.05, 3.63) is 60.6 Å². The van der Waals surface area contributed by atoms with Crippen LogP contribution in [-0.2, 0) is 13.1 Å². The number of anilines is 1. The first-order valence-corrected chi connectivity index (χ1v) is 6.18. The largest absolute Gasteiger partial charge is 0.363 e. The van der Waals surface area contributed by atoms with Gasteiger partial charge in [-0.25, -0.2) is 9.67 Å². The van der Waals surface area contributed by atoms with E-state index in [4.69, 9.17) is 0 Å². The molecule has 3 heterocycles. The van der Waals surface area contributed by atoms with E-state index in [1.807, 2.05) is 24.5 Å². The zero-order chi connectivity index (χ0) is 13.6. The molecule has 0 aliphatic carbocycles. The molecular formula is C13H13N7. The minimum atomic E-state index is 0.561. The molecule has 3 aromatic rings. The van der Waals surface area contributed by atoms with Gasteiger partial charge in [0, 0.05) is 24.8 Å². The van der Waals surface area contributed by atoms with Crippen LogP contribution >= 0.6 is 0 Å². The molecule has 0 aliphatic heterocycles. The summed E-state index contributed by atoms with van der Waals surface area (Å²) in [6.45, 7) is 1.22. The lowest BCUT2D eigenvalue weighted by molar-refractivity contribution is 0.648. The fourth-order valence-corrected chi connectivity index (χ4v) is 1.75. The molecule has 0 saturated heterocycles. The first-order valence-electron chi connectivity index (χ1n) is 6.18. The summed E-state index contributed by atoms with van der Waals surface area (Å²) in [5.41, 5.74) is 1.94. The molecule has 0 amide bonds. The zero-order valence-corrected chi connectivity index (χ0v) is 10.7. The maximum atomic E-state index is 4.13. The van der Waals surface area contributed by atoms with Crippen molar-refractivity contribution in [2.45, 2.75) is 13.1 Å². The Labute approximate surface area is 115 Å². The SMILES string of the molecule is c1cncc(Cn2cc(CNc3cnccn3)nn2)c1. The average Bonchev–Trinajstić information content (AvgIpc) is 2.95. The van der Waals surface area contributed by atoms with Crippen LogP contribution in [-0.4, -0.2) is 29.9 Å². The van der Waals surface area contributed by atoms with Gasteiger partial charge in [-0.3, -0.25) is 9.97 Å². The van der Waals surface area contributed by atoms with E-state index in [0.29, 0.717) is 18.9 Å². The van der Waals surface area contributed by atoms with Crippen LogP contribution in [0, 0.1) is 0 Å². The Morgan fingerprint density at radius 1 is 1.10 bits per heavy atom. The highest BCUT2D eigenvalue weighted by Crippen LogP contribution is 2.03. The Morgan fingerprint density at radius 3 is 2.85 bits per heavy atom. The van der Waals surface area contributed by atoms with E-state index in [2.05, 4.69) is 30.6 Å². The number of pyridine rings is 1. The standard InChI is InChI=1S/C13H13N7/c1-2-11(6-14-3-1)9-20-10-12(18-19-20)7-17-13-8-15-4-5-16-13/h1-6,8,10H,7,9H2,(H,16,17). The Morgan fingerprint density at radius 2 is 2.05 bits per heavy atom. The maximum Gasteiger partial charge on any atom is 0.144 e. The van der Waals surface area contributed by atoms with Gasteiger partial charge in [0.1, 0.15) is 11.5 Å². The van der Waals surface area contributed by atoms with Crippen molar-refractivity contribution in [2.24, 2.45) is 0 Å². The molecule has 3 aromatic heterocycles. The molecule has 0 aromatic carbocycles. The number of nitrogens with zero attached hydrogens (tertiary/aromatic N) is 6. The molecule has 0 spiro atoms. The van der Waals surface area contributed by atoms with Crippen LogP contribution in [0.3, 0.4) is 0 Å². The summed E-state index contributed by atoms with van der Waals surface area (Å²) in [6.07, 6.45) is 10.4. The molecule has 0 unspecified atom stereocenters. The predicted molar refractivity (Wildman–Crippen MR) is 72.7 cm³/mol. The summed E-state index contributed by atoms with van der Waals surface area (Å²) in [4.78, 5) is 12.2. The lowest BCUT2D eigenvalue weighted by Crippen LogP contribution is -2.02. The van der Waals surface area contributed by atoms with Crippen molar-refractivity contribution in [2.75, 3.05) is 5.32 Å². The molecule has 0 saturated carbocycles. The third-order valence-electron chi connectivity index (χ3n) is 2.67. The number of nitrogens with one attached hydrogen (secondary N) is 1. The molecule has 20 heavy (non-hydrogen) atoms. The molecule has 3 rings (SSSR count). The first kappa shape index (κ1) is 12.2. The van der Waals surface area contributed by atoms with Crippen LogP contribution in [0.1, 0.15) is 11.3 Å². The third-order valence-corrected chi connectivity index (χ3v) is 2.67. The number of hydrogen-bond donors (Lipinski definition) is 1. The monoisotopic (exact) mass is 267 g/mol. The predicted octanol–water partition coefficient (Wildman–Crippen LogP) is 1.12. The van der Waals surface area contributed by atoms with Crippen molar-refractivity contribution in [3.63, 3.8) is 0 Å². The Kier molecular flexibility index (Phi) is 3.59. The van der Waals surface area contributed by atoms with Gasteiger partial charge < -0.3 is 5.32 Å². The second kappa shape index (κ2) is 5.87. The summed E-state index contributed by atoms with van der Waals surface area (Å²) in [5.74, 6) is 0.717. The normalized spacial score (nSPS) is 10.4. The highest BCUT2D eigenvalue weighted by Gasteiger charge is 2.02. The average molecular weight is 267 g/mol. The Bertz CT molecular complexity index is 651. The summed E-state index contributed by atoms with van der Waals surface area (Å²) in [7, 11) is 0. The minimum Gasteiger partial charge on any atom is -0.363 e. The molecule has 0 aliphatic rings. The minimum absolute atomic E-state index is 0.561. The van der Waals surface area contributed by atoms with E-state index in [0.717, 1.165) is 11.3 Å². The second-order valence-corrected chi connectivity index (χ2v) is 4.21. The lowest BCUT2D eigenvalue weighted by atomic mass is 10.3. The topological polar surface area (TPSA) is 81.4 Å². The molecule has 0 atom stereocenters. The van der Waals surface area contributed by atoms with Crippen LogP contribution in [0.5, 0.6) is 0 Å². The van der Waals surface area contributed by atoms with Gasteiger partial charge in [0.05, 0.1) is 25.5 Å². The highest BCUT2D eigenvalue weighted by molar-refractivity contribution is 5.30. The van der Waals surface area contributed by atoms with Crippen molar-refractivity contribution in [3.8, 4) is 0 Å². The van der Waals surface area contributed by atoms with Gasteiger partial charge in [0.15, 0.2) is 0 Å². The van der Waals surface area contributed by atoms with Gasteiger partial charge in [0.2, 0.25) is 0 Å². The summed E-state index contributed by atoms with van der Waals surface area (Å²) in [5, 5.41) is 11.3. The van der Waals surface area contributed by atoms with Gasteiger partial charge in [-0.05, 0) is 11.6 Å². The number of aromatic nitrogens is 6. The highest BCUT2D eigenvalue weighted by atomic mass is 15.4. The van der Waals surface area contributed by atoms with E-state index in [1.54, 1.807) is 29.5 Å². The summed E-state index contributed by atoms with van der Waals surface area (Å²) in [6, 6.07) is 3.91. The first-order chi connectivity index (χ1) is 9.90. The van der Waals surface area contributed by atoms with Crippen LogP contribution in [0.25, 0.3) is 0 Å². The van der Waals surface area contributed by atoms with Gasteiger partial charge in [-0.2, -0.15) is 0 Å². The Hall–Kier alpha value is -2.83. The summed E-state index contributed by atoms with van der Waals surface area (Å²) < 4.78 is 1.78. The van der Waals surface area contributed by atoms with Gasteiger partial charge in [-0.1, -0.05) is 11.3 Å². The Balaban J connectivity index is 1.60. The smallest absolute Gasteiger partial charge is 0.144 e. The van der Waals surface area contributed by atoms with Crippen LogP contribution in [0.4, 0.5) is 5.82 Å². The molecule has 100 valence electrons. The van der Waals surface area contributed by atoms with Crippen molar-refractivity contribution in [1.29, 1.82) is 0 Å². The van der Waals surface area contributed by atoms with Crippen molar-refractivity contribution in [1.82, 2.24) is 29.9 Å². The van der Waals surface area contributed by atoms with Crippen LogP contribution in [0.2, 0.25) is 0 Å². The van der Waals surface area contributed by atoms with E-state index in [-0.39, 0.29) is 0 Å². The fraction of sp³-hybridized carbons (Fsp3) is 0.154. The van der Waals surface area contributed by atoms with Crippen LogP contribution in [0.15, 0.2) is 49.3 Å². The molecule has 0 fully saturated rings. The third kappa shape index (κ3) is 3.14. The molecule has 0 radical (unpaired) electrons. The second-order valence-electron chi connectivity index (χ2n) is 4.21. The zero-order valence-electron chi connectivity index (χ0n) is 10.7. The van der Waals surface area contributed by atoms with Crippen LogP contribution < -0.4 is 5.32 Å². The molecular weight excluding hydrogens is 254 g/mol. The van der Waals surface area contributed by atoms with Crippen molar-refractivity contribution >= 4 is 5.82 Å². The van der Waals surface area contributed by atoms with Gasteiger partial charge >= 0.3 is 0 Å². The fourth-order valence-electron chi connectivity index (χ4n) is 1.75. The van der Waals surface area contributed by atoms with E-state index in [9.17, 15) is 0 Å². The maximum absolute atomic E-state index is 4.13. The van der Waals surface area contributed by atoms with Gasteiger partial charge in [0.25, 0.3) is 0 Å². The van der Waals surface area contributed by atoms with E-state index in [1.165, 1.54) is 0 Å². The molecule has 1 N–H and O–H groups in total. The molecule has 7 heteroatoms. The van der Waals surface area contributed by atoms with E-state index >= 15 is 0 Å². The lowest BCUT2D eigenvalue weighted by Gasteiger charge is -2.01. The molecule has 0 bridgehead atoms. The van der Waals surface area contributed by atoms with Crippen molar-refractivity contribution < 1.29 is 0 Å². The summed E-state index contributed by atoms with van der Waals surface area (Å²) >= 11 is 0. The number of rotatable bonds is 5. The van der Waals surface area contributed by atoms with Gasteiger partial charge in [-0.15, -0.1) is 5.10 Å². The van der Waals surface area contributed by atoms with E-state index < -0.39 is 0 Å². The number of hydrogen-bond acceptors (Lipinski definition) is 6. The quantitative estimate of drug-likeness (QED) is 0.746.